The van der Waals surface area contributed by atoms with Gasteiger partial charge in [0, 0.05) is 11.0 Å². The number of ether oxygens (including phenoxy) is 1. The molecule has 0 bridgehead atoms. The number of hydrogen-bond donors (Lipinski definition) is 1. The van der Waals surface area contributed by atoms with Gasteiger partial charge in [-0.25, -0.2) is 13.1 Å². The molecule has 0 unspecified atom stereocenters. The van der Waals surface area contributed by atoms with Crippen LogP contribution in [-0.2, 0) is 14.8 Å². The third-order valence-corrected chi connectivity index (χ3v) is 4.72. The molecule has 18 heavy (non-hydrogen) atoms. The molecular weight excluding hydrogens is 342 g/mol. The van der Waals surface area contributed by atoms with Gasteiger partial charge < -0.3 is 4.74 Å². The quantitative estimate of drug-likeness (QED) is 0.605. The zero-order valence-corrected chi connectivity index (χ0v) is 12.7. The smallest absolute Gasteiger partial charge is 0.240 e. The van der Waals surface area contributed by atoms with E-state index < -0.39 is 10.0 Å². The van der Waals surface area contributed by atoms with Crippen molar-refractivity contribution in [1.29, 1.82) is 0 Å². The summed E-state index contributed by atoms with van der Waals surface area (Å²) in [5.74, 6) is 0. The van der Waals surface area contributed by atoms with Crippen LogP contribution in [0.25, 0.3) is 0 Å². The molecule has 100 valence electrons. The Kier molecular flexibility index (Phi) is 6.14. The highest BCUT2D eigenvalue weighted by Gasteiger charge is 2.14. The van der Waals surface area contributed by atoms with Crippen LogP contribution in [0.15, 0.2) is 40.4 Å². The molecule has 1 aromatic rings. The van der Waals surface area contributed by atoms with Crippen LogP contribution in [-0.4, -0.2) is 21.6 Å². The van der Waals surface area contributed by atoms with Gasteiger partial charge in [-0.2, -0.15) is 0 Å². The number of rotatable bonds is 7. The van der Waals surface area contributed by atoms with Crippen LogP contribution in [0.5, 0.6) is 0 Å². The van der Waals surface area contributed by atoms with Gasteiger partial charge in [0.05, 0.1) is 22.8 Å². The van der Waals surface area contributed by atoms with E-state index in [4.69, 9.17) is 16.3 Å². The average Bonchev–Trinajstić information content (AvgIpc) is 2.32. The van der Waals surface area contributed by atoms with E-state index in [1.165, 1.54) is 24.5 Å². The van der Waals surface area contributed by atoms with Crippen molar-refractivity contribution in [2.75, 3.05) is 13.2 Å². The first-order valence-electron chi connectivity index (χ1n) is 5.14. The molecule has 0 amide bonds. The topological polar surface area (TPSA) is 55.4 Å². The van der Waals surface area contributed by atoms with Crippen LogP contribution in [0.3, 0.4) is 0 Å². The molecule has 4 nitrogen and oxygen atoms in total. The van der Waals surface area contributed by atoms with Gasteiger partial charge in [0.25, 0.3) is 0 Å². The standard InChI is InChI=1S/C11H13BrClNO3S/c1-2-17-7-3-6-14-18(15,16)9-4-5-11(13)10(12)8-9/h2,4-5,8,14H,1,3,6-7H2. The predicted octanol–water partition coefficient (Wildman–Crippen LogP) is 2.93. The summed E-state index contributed by atoms with van der Waals surface area (Å²) in [5.41, 5.74) is 0. The molecule has 0 fully saturated rings. The highest BCUT2D eigenvalue weighted by Crippen LogP contribution is 2.25. The Labute approximate surface area is 120 Å². The first-order chi connectivity index (χ1) is 8.47. The third kappa shape index (κ3) is 4.61. The molecule has 0 aliphatic heterocycles. The van der Waals surface area contributed by atoms with E-state index in [1.807, 2.05) is 0 Å². The lowest BCUT2D eigenvalue weighted by atomic mass is 10.4. The Hall–Kier alpha value is -0.560. The Morgan fingerprint density at radius 2 is 2.22 bits per heavy atom. The van der Waals surface area contributed by atoms with Crippen LogP contribution in [0.1, 0.15) is 6.42 Å². The molecule has 0 spiro atoms. The molecule has 1 rings (SSSR count). The molecule has 0 aliphatic carbocycles. The summed E-state index contributed by atoms with van der Waals surface area (Å²) < 4.78 is 31.7. The number of benzene rings is 1. The molecule has 1 N–H and O–H groups in total. The number of halogens is 2. The van der Waals surface area contributed by atoms with E-state index in [9.17, 15) is 8.42 Å². The fourth-order valence-electron chi connectivity index (χ4n) is 1.17. The summed E-state index contributed by atoms with van der Waals surface area (Å²) in [7, 11) is -3.51. The first kappa shape index (κ1) is 15.5. The predicted molar refractivity (Wildman–Crippen MR) is 75.1 cm³/mol. The van der Waals surface area contributed by atoms with Gasteiger partial charge in [-0.3, -0.25) is 0 Å². The number of sulfonamides is 1. The van der Waals surface area contributed by atoms with Crippen molar-refractivity contribution in [1.82, 2.24) is 4.72 Å². The van der Waals surface area contributed by atoms with Crippen molar-refractivity contribution >= 4 is 37.6 Å². The van der Waals surface area contributed by atoms with E-state index in [2.05, 4.69) is 27.2 Å². The second-order valence-electron chi connectivity index (χ2n) is 3.36. The second kappa shape index (κ2) is 7.13. The van der Waals surface area contributed by atoms with E-state index in [0.717, 1.165) is 0 Å². The molecular formula is C11H13BrClNO3S. The Bertz CT molecular complexity index is 519. The maximum Gasteiger partial charge on any atom is 0.240 e. The van der Waals surface area contributed by atoms with Crippen LogP contribution in [0, 0.1) is 0 Å². The molecule has 7 heteroatoms. The Morgan fingerprint density at radius 1 is 1.50 bits per heavy atom. The Balaban J connectivity index is 2.62. The van der Waals surface area contributed by atoms with Crippen molar-refractivity contribution in [2.45, 2.75) is 11.3 Å². The van der Waals surface area contributed by atoms with E-state index in [-0.39, 0.29) is 4.90 Å². The maximum atomic E-state index is 11.9. The van der Waals surface area contributed by atoms with Gasteiger partial charge in [-0.1, -0.05) is 18.2 Å². The van der Waals surface area contributed by atoms with Crippen molar-refractivity contribution in [3.63, 3.8) is 0 Å². The fraction of sp³-hybridized carbons (Fsp3) is 0.273. The summed E-state index contributed by atoms with van der Waals surface area (Å²) in [6.07, 6.45) is 1.89. The van der Waals surface area contributed by atoms with Gasteiger partial charge in [0.2, 0.25) is 10.0 Å². The van der Waals surface area contributed by atoms with Crippen LogP contribution in [0.4, 0.5) is 0 Å². The van der Waals surface area contributed by atoms with Crippen LogP contribution < -0.4 is 4.72 Å². The summed E-state index contributed by atoms with van der Waals surface area (Å²) in [6, 6.07) is 4.45. The highest BCUT2D eigenvalue weighted by atomic mass is 79.9. The third-order valence-electron chi connectivity index (χ3n) is 2.05. The summed E-state index contributed by atoms with van der Waals surface area (Å²) in [4.78, 5) is 0.170. The van der Waals surface area contributed by atoms with Crippen LogP contribution in [0.2, 0.25) is 5.02 Å². The summed E-state index contributed by atoms with van der Waals surface area (Å²) in [6.45, 7) is 4.12. The lowest BCUT2D eigenvalue weighted by Gasteiger charge is -2.07. The Morgan fingerprint density at radius 3 is 2.83 bits per heavy atom. The van der Waals surface area contributed by atoms with Crippen molar-refractivity contribution < 1.29 is 13.2 Å². The zero-order valence-electron chi connectivity index (χ0n) is 9.53. The largest absolute Gasteiger partial charge is 0.502 e. The minimum absolute atomic E-state index is 0.170. The van der Waals surface area contributed by atoms with Gasteiger partial charge >= 0.3 is 0 Å². The van der Waals surface area contributed by atoms with Gasteiger partial charge in [-0.05, 0) is 40.5 Å². The maximum absolute atomic E-state index is 11.9. The summed E-state index contributed by atoms with van der Waals surface area (Å²) >= 11 is 8.99. The van der Waals surface area contributed by atoms with Gasteiger partial charge in [0.1, 0.15) is 0 Å². The van der Waals surface area contributed by atoms with E-state index in [1.54, 1.807) is 0 Å². The van der Waals surface area contributed by atoms with E-state index in [0.29, 0.717) is 29.1 Å². The molecule has 0 radical (unpaired) electrons. The number of nitrogens with one attached hydrogen (secondary N) is 1. The molecule has 0 atom stereocenters. The zero-order chi connectivity index (χ0) is 13.6. The lowest BCUT2D eigenvalue weighted by Crippen LogP contribution is -2.25. The highest BCUT2D eigenvalue weighted by molar-refractivity contribution is 9.10. The lowest BCUT2D eigenvalue weighted by molar-refractivity contribution is 0.247. The normalized spacial score (nSPS) is 11.2. The SMILES string of the molecule is C=COCCCNS(=O)(=O)c1ccc(Cl)c(Br)c1. The molecule has 0 saturated heterocycles. The summed E-state index contributed by atoms with van der Waals surface area (Å²) in [5, 5.41) is 0.466. The van der Waals surface area contributed by atoms with Crippen molar-refractivity contribution in [3.05, 3.63) is 40.5 Å². The number of hydrogen-bond acceptors (Lipinski definition) is 3. The average molecular weight is 355 g/mol. The molecule has 0 heterocycles. The van der Waals surface area contributed by atoms with Crippen molar-refractivity contribution in [2.24, 2.45) is 0 Å². The monoisotopic (exact) mass is 353 g/mol. The van der Waals surface area contributed by atoms with Gasteiger partial charge in [-0.15, -0.1) is 0 Å². The fourth-order valence-corrected chi connectivity index (χ4v) is 2.92. The molecule has 0 aromatic heterocycles. The minimum atomic E-state index is -3.51. The second-order valence-corrected chi connectivity index (χ2v) is 6.39. The molecule has 0 saturated carbocycles. The van der Waals surface area contributed by atoms with Crippen molar-refractivity contribution in [3.8, 4) is 0 Å². The van der Waals surface area contributed by atoms with Crippen LogP contribution >= 0.6 is 27.5 Å². The van der Waals surface area contributed by atoms with E-state index >= 15 is 0 Å². The minimum Gasteiger partial charge on any atom is -0.502 e. The molecule has 1 aromatic carbocycles. The van der Waals surface area contributed by atoms with Gasteiger partial charge in [0.15, 0.2) is 0 Å². The first-order valence-corrected chi connectivity index (χ1v) is 7.80. The molecule has 0 aliphatic rings.